The number of fused-ring (bicyclic) bond motifs is 1. The van der Waals surface area contributed by atoms with Gasteiger partial charge in [-0.25, -0.2) is 0 Å². The summed E-state index contributed by atoms with van der Waals surface area (Å²) in [6.45, 7) is 1.49. The average molecular weight is 424 g/mol. The molecule has 31 heavy (non-hydrogen) atoms. The van der Waals surface area contributed by atoms with Gasteiger partial charge in [-0.05, 0) is 36.2 Å². The Labute approximate surface area is 180 Å². The van der Waals surface area contributed by atoms with E-state index in [2.05, 4.69) is 0 Å². The summed E-state index contributed by atoms with van der Waals surface area (Å²) in [5.74, 6) is -2.92. The van der Waals surface area contributed by atoms with Gasteiger partial charge in [-0.3, -0.25) is 14.4 Å². The zero-order valence-corrected chi connectivity index (χ0v) is 18.1. The van der Waals surface area contributed by atoms with Crippen molar-refractivity contribution in [1.29, 1.82) is 0 Å². The fraction of sp³-hybridized carbons (Fsp3) is 0.375. The Hall–Kier alpha value is -3.35. The highest BCUT2D eigenvalue weighted by atomic mass is 16.5. The zero-order chi connectivity index (χ0) is 22.4. The largest absolute Gasteiger partial charge is 0.496 e. The Kier molecular flexibility index (Phi) is 5.21. The molecular weight excluding hydrogens is 400 g/mol. The molecule has 2 bridgehead atoms. The summed E-state index contributed by atoms with van der Waals surface area (Å²) in [5.41, 5.74) is 3.55. The van der Waals surface area contributed by atoms with Crippen LogP contribution < -0.4 is 9.47 Å². The molecule has 5 rings (SSSR count). The lowest BCUT2D eigenvalue weighted by molar-refractivity contribution is -0.160. The van der Waals surface area contributed by atoms with Gasteiger partial charge in [0.2, 0.25) is 0 Å². The van der Waals surface area contributed by atoms with Gasteiger partial charge in [0, 0.05) is 28.5 Å². The first-order valence-corrected chi connectivity index (χ1v) is 9.95. The summed E-state index contributed by atoms with van der Waals surface area (Å²) in [4.78, 5) is 38.6. The standard InChI is InChI=1S/C24H24O7/c1-11(25)12-9-10-15(29-3)19-17(12)18-13-7-6-8-14(28-2)16(13)20(19)22(24(27)31-5)21(18)23(26)30-4/h6-10,18,20-22H,1-5H3/t18-,20+,21-,22+/m1/s1. The molecule has 3 aliphatic rings. The third kappa shape index (κ3) is 2.83. The molecular formula is C24H24O7. The van der Waals surface area contributed by atoms with Crippen molar-refractivity contribution in [2.75, 3.05) is 28.4 Å². The van der Waals surface area contributed by atoms with Crippen molar-refractivity contribution >= 4 is 17.7 Å². The Morgan fingerprint density at radius 2 is 1.29 bits per heavy atom. The molecule has 2 aromatic rings. The average Bonchev–Trinajstić information content (AvgIpc) is 2.80. The second kappa shape index (κ2) is 7.72. The molecule has 162 valence electrons. The van der Waals surface area contributed by atoms with Crippen molar-refractivity contribution < 1.29 is 33.3 Å². The van der Waals surface area contributed by atoms with Crippen molar-refractivity contribution in [3.05, 3.63) is 58.1 Å². The number of esters is 2. The first kappa shape index (κ1) is 20.9. The molecule has 7 nitrogen and oxygen atoms in total. The highest BCUT2D eigenvalue weighted by molar-refractivity contribution is 5.99. The van der Waals surface area contributed by atoms with Crippen molar-refractivity contribution in [1.82, 2.24) is 0 Å². The van der Waals surface area contributed by atoms with Crippen LogP contribution in [0.4, 0.5) is 0 Å². The summed E-state index contributed by atoms with van der Waals surface area (Å²) < 4.78 is 21.5. The number of benzene rings is 2. The van der Waals surface area contributed by atoms with Crippen molar-refractivity contribution in [2.45, 2.75) is 18.8 Å². The summed E-state index contributed by atoms with van der Waals surface area (Å²) in [5, 5.41) is 0. The molecule has 0 radical (unpaired) electrons. The minimum Gasteiger partial charge on any atom is -0.496 e. The lowest BCUT2D eigenvalue weighted by Gasteiger charge is -2.49. The van der Waals surface area contributed by atoms with E-state index in [1.807, 2.05) is 18.2 Å². The number of methoxy groups -OCH3 is 4. The Balaban J connectivity index is 2.17. The topological polar surface area (TPSA) is 88.1 Å². The van der Waals surface area contributed by atoms with E-state index < -0.39 is 35.6 Å². The summed E-state index contributed by atoms with van der Waals surface area (Å²) in [7, 11) is 5.70. The van der Waals surface area contributed by atoms with Crippen LogP contribution in [0.3, 0.4) is 0 Å². The molecule has 3 aliphatic carbocycles. The first-order valence-electron chi connectivity index (χ1n) is 9.95. The van der Waals surface area contributed by atoms with Gasteiger partial charge in [0.15, 0.2) is 5.78 Å². The van der Waals surface area contributed by atoms with E-state index in [9.17, 15) is 14.4 Å². The van der Waals surface area contributed by atoms with Crippen LogP contribution in [0.15, 0.2) is 30.3 Å². The molecule has 0 fully saturated rings. The Bertz CT molecular complexity index is 1090. The summed E-state index contributed by atoms with van der Waals surface area (Å²) in [6, 6.07) is 9.01. The van der Waals surface area contributed by atoms with E-state index >= 15 is 0 Å². The molecule has 0 saturated heterocycles. The van der Waals surface area contributed by atoms with Gasteiger partial charge in [-0.2, -0.15) is 0 Å². The van der Waals surface area contributed by atoms with E-state index in [4.69, 9.17) is 18.9 Å². The summed E-state index contributed by atoms with van der Waals surface area (Å²) in [6.07, 6.45) is 0. The lowest BCUT2D eigenvalue weighted by Crippen LogP contribution is -2.48. The smallest absolute Gasteiger partial charge is 0.310 e. The third-order valence-corrected chi connectivity index (χ3v) is 6.49. The predicted molar refractivity (Wildman–Crippen MR) is 111 cm³/mol. The Morgan fingerprint density at radius 1 is 0.710 bits per heavy atom. The van der Waals surface area contributed by atoms with Crippen LogP contribution in [0, 0.1) is 11.8 Å². The molecule has 0 amide bonds. The highest BCUT2D eigenvalue weighted by Gasteiger charge is 2.59. The van der Waals surface area contributed by atoms with Crippen LogP contribution in [-0.4, -0.2) is 46.2 Å². The molecule has 0 aliphatic heterocycles. The number of carbonyl (C=O) groups is 3. The molecule has 0 unspecified atom stereocenters. The maximum atomic E-state index is 13.0. The molecule has 0 saturated carbocycles. The maximum absolute atomic E-state index is 13.0. The van der Waals surface area contributed by atoms with Gasteiger partial charge in [-0.1, -0.05) is 12.1 Å². The molecule has 0 aromatic heterocycles. The van der Waals surface area contributed by atoms with Crippen LogP contribution in [-0.2, 0) is 19.1 Å². The number of rotatable bonds is 5. The number of ketones is 1. The van der Waals surface area contributed by atoms with Crippen LogP contribution in [0.25, 0.3) is 0 Å². The van der Waals surface area contributed by atoms with Gasteiger partial charge in [0.1, 0.15) is 11.5 Å². The van der Waals surface area contributed by atoms with Gasteiger partial charge >= 0.3 is 11.9 Å². The van der Waals surface area contributed by atoms with Crippen LogP contribution in [0.5, 0.6) is 11.5 Å². The highest BCUT2D eigenvalue weighted by Crippen LogP contribution is 2.63. The maximum Gasteiger partial charge on any atom is 0.310 e. The number of hydrogen-bond donors (Lipinski definition) is 0. The van der Waals surface area contributed by atoms with Gasteiger partial charge in [-0.15, -0.1) is 0 Å². The van der Waals surface area contributed by atoms with E-state index in [1.165, 1.54) is 21.1 Å². The van der Waals surface area contributed by atoms with Gasteiger partial charge in [0.05, 0.1) is 40.3 Å². The Morgan fingerprint density at radius 3 is 1.84 bits per heavy atom. The van der Waals surface area contributed by atoms with E-state index in [0.717, 1.165) is 11.1 Å². The van der Waals surface area contributed by atoms with E-state index in [-0.39, 0.29) is 5.78 Å². The minimum absolute atomic E-state index is 0.130. The monoisotopic (exact) mass is 424 g/mol. The zero-order valence-electron chi connectivity index (χ0n) is 18.1. The predicted octanol–water partition coefficient (Wildman–Crippen LogP) is 3.08. The number of Topliss-reactive ketones (excluding diaryl/α,β-unsaturated/α-hetero) is 1. The number of carbonyl (C=O) groups excluding carboxylic acids is 3. The van der Waals surface area contributed by atoms with Crippen LogP contribution in [0.1, 0.15) is 51.4 Å². The lowest BCUT2D eigenvalue weighted by atomic mass is 9.53. The molecule has 0 N–H and O–H groups in total. The van der Waals surface area contributed by atoms with Crippen LogP contribution >= 0.6 is 0 Å². The molecule has 7 heteroatoms. The molecule has 4 atom stereocenters. The van der Waals surface area contributed by atoms with Crippen LogP contribution in [0.2, 0.25) is 0 Å². The second-order valence-corrected chi connectivity index (χ2v) is 7.72. The number of hydrogen-bond acceptors (Lipinski definition) is 7. The fourth-order valence-electron chi connectivity index (χ4n) is 5.38. The SMILES string of the molecule is COC(=O)[C@@H]1[C@@H]2c3cccc(OC)c3[C@@H](c3c(OC)ccc(C(C)=O)c32)[C@@H]1C(=O)OC. The van der Waals surface area contributed by atoms with Gasteiger partial charge in [0.25, 0.3) is 0 Å². The van der Waals surface area contributed by atoms with Gasteiger partial charge < -0.3 is 18.9 Å². The third-order valence-electron chi connectivity index (χ3n) is 6.49. The van der Waals surface area contributed by atoms with Crippen molar-refractivity contribution in [3.63, 3.8) is 0 Å². The summed E-state index contributed by atoms with van der Waals surface area (Å²) >= 11 is 0. The van der Waals surface area contributed by atoms with E-state index in [1.54, 1.807) is 26.4 Å². The molecule has 2 aromatic carbocycles. The van der Waals surface area contributed by atoms with Crippen molar-refractivity contribution in [2.24, 2.45) is 11.8 Å². The van der Waals surface area contributed by atoms with E-state index in [0.29, 0.717) is 28.2 Å². The fourth-order valence-corrected chi connectivity index (χ4v) is 5.38. The second-order valence-electron chi connectivity index (χ2n) is 7.72. The quantitative estimate of drug-likeness (QED) is 0.538. The first-order chi connectivity index (χ1) is 14.9. The molecule has 0 heterocycles. The van der Waals surface area contributed by atoms with Crippen molar-refractivity contribution in [3.8, 4) is 11.5 Å². The normalized spacial score (nSPS) is 22.7. The number of ether oxygens (including phenoxy) is 4. The molecule has 0 spiro atoms. The minimum atomic E-state index is -0.852.